The van der Waals surface area contributed by atoms with Crippen LogP contribution in [-0.4, -0.2) is 122 Å². The van der Waals surface area contributed by atoms with Crippen LogP contribution in [0.5, 0.6) is 5.75 Å². The second-order valence-corrected chi connectivity index (χ2v) is 20.3. The number of rotatable bonds is 3. The molecule has 1 unspecified atom stereocenters. The van der Waals surface area contributed by atoms with Gasteiger partial charge in [-0.05, 0) is 117 Å². The normalized spacial score (nSPS) is 33.8. The molecule has 2 N–H and O–H groups in total. The largest absolute Gasteiger partial charge is 0.490 e. The zero-order chi connectivity index (χ0) is 39.4. The second kappa shape index (κ2) is 15.5. The number of amides is 2. The number of sulfonamides is 1. The minimum Gasteiger partial charge on any atom is -0.490 e. The molecular weight excluding hydrogens is 750 g/mol. The number of aryl methyl sites for hydroxylation is 1. The van der Waals surface area contributed by atoms with Crippen molar-refractivity contribution >= 4 is 39.1 Å². The maximum Gasteiger partial charge on any atom is 0.264 e. The van der Waals surface area contributed by atoms with Gasteiger partial charge in [0, 0.05) is 80.9 Å². The molecule has 1 saturated carbocycles. The fourth-order valence-electron chi connectivity index (χ4n) is 10.8. The van der Waals surface area contributed by atoms with Crippen molar-refractivity contribution in [2.75, 3.05) is 70.4 Å². The topological polar surface area (TPSA) is 123 Å². The fourth-order valence-corrected chi connectivity index (χ4v) is 12.4. The fraction of sp³-hybridized carbons (Fsp3) is 0.628. The molecule has 2 bridgehead atoms. The first-order valence-electron chi connectivity index (χ1n) is 20.7. The van der Waals surface area contributed by atoms with Gasteiger partial charge in [0.25, 0.3) is 5.91 Å². The minimum atomic E-state index is -3.99. The SMILES string of the molecule is C=CC(=O)N1CCN2CCN(C[C@]3(O)CCC[C@H](C)[C@@H](C)S(=O)(=O)NC(=O)c4ccc5c(c4)N(C[C@@H]4CC[C@H]43)C[C@@]3(CCCc4cc(Cl)ccc43)CO5)CC2C1. The summed E-state index contributed by atoms with van der Waals surface area (Å²) in [5, 5.41) is 13.0. The summed E-state index contributed by atoms with van der Waals surface area (Å²) in [5.74, 6) is 0.0225. The third kappa shape index (κ3) is 7.61. The van der Waals surface area contributed by atoms with Crippen LogP contribution < -0.4 is 14.4 Å². The molecule has 2 aromatic carbocycles. The summed E-state index contributed by atoms with van der Waals surface area (Å²) >= 11 is 6.50. The summed E-state index contributed by atoms with van der Waals surface area (Å²) in [6.45, 7) is 14.4. The molecule has 1 spiro atoms. The number of benzene rings is 2. The van der Waals surface area contributed by atoms with Gasteiger partial charge in [-0.3, -0.25) is 19.4 Å². The number of halogens is 1. The average molecular weight is 808 g/mol. The molecule has 4 aliphatic heterocycles. The predicted molar refractivity (Wildman–Crippen MR) is 219 cm³/mol. The Morgan fingerprint density at radius 1 is 1.04 bits per heavy atom. The van der Waals surface area contributed by atoms with Crippen LogP contribution in [0.15, 0.2) is 49.1 Å². The zero-order valence-corrected chi connectivity index (χ0v) is 34.5. The van der Waals surface area contributed by atoms with E-state index >= 15 is 0 Å². The van der Waals surface area contributed by atoms with Crippen LogP contribution in [0.25, 0.3) is 0 Å². The lowest BCUT2D eigenvalue weighted by atomic mass is 9.62. The quantitative estimate of drug-likeness (QED) is 0.420. The summed E-state index contributed by atoms with van der Waals surface area (Å²) in [4.78, 5) is 35.4. The van der Waals surface area contributed by atoms with Gasteiger partial charge < -0.3 is 19.6 Å². The highest BCUT2D eigenvalue weighted by Gasteiger charge is 2.50. The molecule has 4 heterocycles. The highest BCUT2D eigenvalue weighted by molar-refractivity contribution is 7.90. The van der Waals surface area contributed by atoms with Gasteiger partial charge in [-0.1, -0.05) is 37.6 Å². The monoisotopic (exact) mass is 807 g/mol. The van der Waals surface area contributed by atoms with Crippen molar-refractivity contribution in [3.8, 4) is 5.75 Å². The van der Waals surface area contributed by atoms with E-state index < -0.39 is 26.8 Å². The van der Waals surface area contributed by atoms with E-state index in [-0.39, 0.29) is 40.7 Å². The average Bonchev–Trinajstić information content (AvgIpc) is 3.31. The first-order chi connectivity index (χ1) is 26.8. The molecular formula is C43H58ClN5O6S. The Balaban J connectivity index is 1.13. The first kappa shape index (κ1) is 39.7. The van der Waals surface area contributed by atoms with Crippen LogP contribution in [0.2, 0.25) is 5.02 Å². The summed E-state index contributed by atoms with van der Waals surface area (Å²) in [7, 11) is -3.99. The van der Waals surface area contributed by atoms with E-state index in [0.717, 1.165) is 69.0 Å². The van der Waals surface area contributed by atoms with E-state index in [1.807, 2.05) is 24.0 Å². The lowest BCUT2D eigenvalue weighted by molar-refractivity contribution is -0.132. The number of hydrogen-bond donors (Lipinski definition) is 2. The number of anilines is 1. The van der Waals surface area contributed by atoms with Crippen molar-refractivity contribution in [3.05, 3.63) is 70.8 Å². The number of fused-ring (bicyclic) bond motifs is 5. The van der Waals surface area contributed by atoms with Gasteiger partial charge in [0.15, 0.2) is 0 Å². The van der Waals surface area contributed by atoms with E-state index in [0.29, 0.717) is 64.3 Å². The highest BCUT2D eigenvalue weighted by Crippen LogP contribution is 2.49. The van der Waals surface area contributed by atoms with E-state index in [9.17, 15) is 23.1 Å². The Morgan fingerprint density at radius 2 is 1.86 bits per heavy atom. The number of ether oxygens (including phenoxy) is 1. The number of piperazine rings is 2. The van der Waals surface area contributed by atoms with E-state index in [4.69, 9.17) is 16.3 Å². The molecule has 3 fully saturated rings. The van der Waals surface area contributed by atoms with Gasteiger partial charge in [0.2, 0.25) is 15.9 Å². The van der Waals surface area contributed by atoms with Crippen molar-refractivity contribution in [3.63, 3.8) is 0 Å². The van der Waals surface area contributed by atoms with Gasteiger partial charge in [0.05, 0.1) is 23.1 Å². The molecule has 304 valence electrons. The molecule has 8 rings (SSSR count). The second-order valence-electron chi connectivity index (χ2n) is 17.8. The Bertz CT molecular complexity index is 1960. The molecule has 0 radical (unpaired) electrons. The lowest BCUT2D eigenvalue weighted by Crippen LogP contribution is -2.65. The van der Waals surface area contributed by atoms with Crippen LogP contribution >= 0.6 is 11.6 Å². The predicted octanol–water partition coefficient (Wildman–Crippen LogP) is 4.85. The van der Waals surface area contributed by atoms with Crippen molar-refractivity contribution in [1.82, 2.24) is 19.4 Å². The Kier molecular flexibility index (Phi) is 11.0. The summed E-state index contributed by atoms with van der Waals surface area (Å²) in [6.07, 6.45) is 8.04. The first-order valence-corrected chi connectivity index (χ1v) is 22.7. The van der Waals surface area contributed by atoms with Crippen molar-refractivity contribution in [2.45, 2.75) is 87.5 Å². The molecule has 2 aliphatic carbocycles. The van der Waals surface area contributed by atoms with E-state index in [1.165, 1.54) is 17.2 Å². The highest BCUT2D eigenvalue weighted by atomic mass is 35.5. The summed E-state index contributed by atoms with van der Waals surface area (Å²) < 4.78 is 36.3. The number of β-amino-alcohol motifs (C(OH)–C–C–N with tert-alkyl or cyclic N) is 1. The van der Waals surface area contributed by atoms with Crippen LogP contribution in [0.1, 0.15) is 80.3 Å². The zero-order valence-electron chi connectivity index (χ0n) is 32.9. The van der Waals surface area contributed by atoms with Crippen LogP contribution in [0.3, 0.4) is 0 Å². The van der Waals surface area contributed by atoms with Gasteiger partial charge in [-0.25, -0.2) is 13.1 Å². The third-order valence-corrected chi connectivity index (χ3v) is 16.6. The molecule has 2 amide bonds. The number of nitrogens with zero attached hydrogens (tertiary/aromatic N) is 4. The van der Waals surface area contributed by atoms with Crippen molar-refractivity contribution in [2.24, 2.45) is 17.8 Å². The molecule has 11 nitrogen and oxygen atoms in total. The van der Waals surface area contributed by atoms with Crippen molar-refractivity contribution < 1.29 is 27.9 Å². The van der Waals surface area contributed by atoms with Crippen LogP contribution in [-0.2, 0) is 26.7 Å². The molecule has 2 saturated heterocycles. The molecule has 56 heavy (non-hydrogen) atoms. The van der Waals surface area contributed by atoms with Gasteiger partial charge in [-0.15, -0.1) is 0 Å². The third-order valence-electron chi connectivity index (χ3n) is 14.4. The standard InChI is InChI=1S/C43H58ClN5O6S/c1-4-40(50)48-20-19-47-18-17-46(24-35(47)25-48)27-43(52)16-5-7-29(2)30(3)56(53,54)45-41(51)32-10-14-39-38(22-32)49(23-33-9-12-37(33)43)26-42(28-55-39)15-6-8-31-21-34(44)11-13-36(31)42/h4,10-11,13-14,21-22,29-30,33,35,37,52H,1,5-9,12,15-20,23-28H2,2-3H3,(H,45,51)/t29-,30+,33-,35?,37+,42-,43+/m0/s1. The van der Waals surface area contributed by atoms with Gasteiger partial charge in [0.1, 0.15) is 5.75 Å². The Morgan fingerprint density at radius 3 is 2.64 bits per heavy atom. The maximum atomic E-state index is 13.7. The van der Waals surface area contributed by atoms with Crippen LogP contribution in [0, 0.1) is 17.8 Å². The minimum absolute atomic E-state index is 0.0323. The Labute approximate surface area is 337 Å². The van der Waals surface area contributed by atoms with Crippen LogP contribution in [0.4, 0.5) is 5.69 Å². The molecule has 7 atom stereocenters. The molecule has 6 aliphatic rings. The smallest absolute Gasteiger partial charge is 0.264 e. The van der Waals surface area contributed by atoms with E-state index in [1.54, 1.807) is 19.1 Å². The number of aliphatic hydroxyl groups is 1. The van der Waals surface area contributed by atoms with E-state index in [2.05, 4.69) is 38.1 Å². The number of carbonyl (C=O) groups excluding carboxylic acids is 2. The number of carbonyl (C=O) groups is 2. The lowest BCUT2D eigenvalue weighted by Gasteiger charge is -2.53. The number of nitrogens with one attached hydrogen (secondary N) is 1. The molecule has 2 aromatic rings. The maximum absolute atomic E-state index is 13.7. The Hall–Kier alpha value is -3.16. The van der Waals surface area contributed by atoms with Crippen molar-refractivity contribution in [1.29, 1.82) is 0 Å². The number of hydrogen-bond acceptors (Lipinski definition) is 9. The summed E-state index contributed by atoms with van der Waals surface area (Å²) in [5.41, 5.74) is 2.25. The summed E-state index contributed by atoms with van der Waals surface area (Å²) in [6, 6.07) is 11.7. The van der Waals surface area contributed by atoms with Gasteiger partial charge in [-0.2, -0.15) is 0 Å². The van der Waals surface area contributed by atoms with Gasteiger partial charge >= 0.3 is 0 Å². The molecule has 0 aromatic heterocycles. The molecule has 13 heteroatoms.